The molecule has 2 aliphatic heterocycles. The molecule has 0 radical (unpaired) electrons. The SMILES string of the molecule is COC1CCC(NC[C@@](O)(C(=O)N2CCN(c3ncnc4c3C(C)C(=O)N4)CC2)c2ccc(-n3nccn3)cc2)CC1. The van der Waals surface area contributed by atoms with Crippen LogP contribution in [0, 0.1) is 0 Å². The number of methoxy groups -OCH3 is 1. The summed E-state index contributed by atoms with van der Waals surface area (Å²) in [5.41, 5.74) is 0.267. The zero-order valence-electron chi connectivity index (χ0n) is 23.9. The first-order chi connectivity index (χ1) is 20.4. The zero-order valence-corrected chi connectivity index (χ0v) is 23.9. The Morgan fingerprint density at radius 3 is 2.43 bits per heavy atom. The van der Waals surface area contributed by atoms with Crippen molar-refractivity contribution in [3.8, 4) is 5.69 Å². The molecule has 2 aromatic heterocycles. The van der Waals surface area contributed by atoms with Crippen LogP contribution in [-0.2, 0) is 19.9 Å². The molecule has 2 amide bonds. The van der Waals surface area contributed by atoms with Crippen molar-refractivity contribution in [3.05, 3.63) is 54.1 Å². The highest BCUT2D eigenvalue weighted by Crippen LogP contribution is 2.37. The smallest absolute Gasteiger partial charge is 0.260 e. The summed E-state index contributed by atoms with van der Waals surface area (Å²) < 4.78 is 5.51. The molecule has 4 heterocycles. The van der Waals surface area contributed by atoms with Gasteiger partial charge >= 0.3 is 0 Å². The summed E-state index contributed by atoms with van der Waals surface area (Å²) >= 11 is 0. The van der Waals surface area contributed by atoms with E-state index in [0.717, 1.165) is 36.9 Å². The summed E-state index contributed by atoms with van der Waals surface area (Å²) in [7, 11) is 1.74. The van der Waals surface area contributed by atoms with E-state index in [0.29, 0.717) is 43.4 Å². The maximum atomic E-state index is 14.1. The fourth-order valence-electron chi connectivity index (χ4n) is 6.19. The summed E-state index contributed by atoms with van der Waals surface area (Å²) in [5.74, 6) is 0.478. The van der Waals surface area contributed by atoms with E-state index in [2.05, 4.69) is 35.7 Å². The van der Waals surface area contributed by atoms with E-state index >= 15 is 0 Å². The van der Waals surface area contributed by atoms with E-state index in [1.807, 2.05) is 19.1 Å². The van der Waals surface area contributed by atoms with Gasteiger partial charge in [-0.25, -0.2) is 9.97 Å². The average Bonchev–Trinajstić information content (AvgIpc) is 3.68. The Kier molecular flexibility index (Phi) is 7.88. The van der Waals surface area contributed by atoms with Gasteiger partial charge in [-0.1, -0.05) is 12.1 Å². The van der Waals surface area contributed by atoms with E-state index in [4.69, 9.17) is 4.74 Å². The number of carbonyl (C=O) groups is 2. The van der Waals surface area contributed by atoms with Gasteiger partial charge in [-0.05, 0) is 50.3 Å². The number of anilines is 2. The topological polar surface area (TPSA) is 151 Å². The summed E-state index contributed by atoms with van der Waals surface area (Å²) in [6, 6.07) is 7.35. The predicted octanol–water partition coefficient (Wildman–Crippen LogP) is 1.20. The van der Waals surface area contributed by atoms with Gasteiger partial charge < -0.3 is 30.3 Å². The van der Waals surface area contributed by atoms with E-state index in [1.54, 1.807) is 36.5 Å². The number of aromatic nitrogens is 5. The van der Waals surface area contributed by atoms with Crippen molar-refractivity contribution in [1.82, 2.24) is 35.2 Å². The van der Waals surface area contributed by atoms with Gasteiger partial charge in [0.1, 0.15) is 18.0 Å². The first kappa shape index (κ1) is 28.2. The molecular formula is C29H37N9O4. The second kappa shape index (κ2) is 11.7. The van der Waals surface area contributed by atoms with Gasteiger partial charge in [-0.3, -0.25) is 9.59 Å². The molecular weight excluding hydrogens is 538 g/mol. The number of nitrogens with zero attached hydrogens (tertiary/aromatic N) is 7. The number of benzene rings is 1. The number of aliphatic hydroxyl groups is 1. The second-order valence-electron chi connectivity index (χ2n) is 11.3. The Morgan fingerprint density at radius 1 is 1.07 bits per heavy atom. The number of nitrogens with one attached hydrogen (secondary N) is 2. The third-order valence-corrected chi connectivity index (χ3v) is 8.80. The number of hydrogen-bond acceptors (Lipinski definition) is 10. The zero-order chi connectivity index (χ0) is 29.3. The Labute approximate surface area is 244 Å². The molecule has 1 aromatic carbocycles. The molecule has 3 N–H and O–H groups in total. The number of amides is 2. The minimum absolute atomic E-state index is 0.0943. The van der Waals surface area contributed by atoms with Crippen LogP contribution in [0.15, 0.2) is 43.0 Å². The molecule has 1 saturated heterocycles. The molecule has 1 saturated carbocycles. The van der Waals surface area contributed by atoms with Crippen LogP contribution in [0.5, 0.6) is 0 Å². The van der Waals surface area contributed by atoms with Crippen molar-refractivity contribution in [2.45, 2.75) is 56.3 Å². The predicted molar refractivity (Wildman–Crippen MR) is 154 cm³/mol. The van der Waals surface area contributed by atoms with Gasteiger partial charge in [-0.2, -0.15) is 15.0 Å². The van der Waals surface area contributed by atoms with Crippen LogP contribution in [-0.4, -0.2) is 98.8 Å². The largest absolute Gasteiger partial charge is 0.381 e. The molecule has 13 nitrogen and oxygen atoms in total. The summed E-state index contributed by atoms with van der Waals surface area (Å²) in [6.07, 6.45) is 8.64. The lowest BCUT2D eigenvalue weighted by Gasteiger charge is -2.40. The standard InChI is InChI=1S/C29H37N9O4/c1-19-24-25(35-27(19)39)31-18-32-26(24)36-13-15-37(16-14-36)28(40)29(41,17-30-21-5-9-23(42-2)10-6-21)20-3-7-22(8-4-20)38-33-11-12-34-38/h3-4,7-8,11-12,18-19,21,23,30,41H,5-6,9-10,13-17H2,1-2H3,(H,31,32,35,39)/t19?,21?,23?,29-/m0/s1. The second-order valence-corrected chi connectivity index (χ2v) is 11.3. The highest BCUT2D eigenvalue weighted by molar-refractivity contribution is 6.03. The van der Waals surface area contributed by atoms with Gasteiger partial charge in [-0.15, -0.1) is 0 Å². The molecule has 13 heteroatoms. The number of carbonyl (C=O) groups excluding carboxylic acids is 2. The molecule has 222 valence electrons. The lowest BCUT2D eigenvalue weighted by atomic mass is 9.89. The molecule has 2 fully saturated rings. The minimum Gasteiger partial charge on any atom is -0.381 e. The number of rotatable bonds is 8. The average molecular weight is 576 g/mol. The van der Waals surface area contributed by atoms with Crippen molar-refractivity contribution in [3.63, 3.8) is 0 Å². The van der Waals surface area contributed by atoms with Crippen LogP contribution in [0.1, 0.15) is 49.7 Å². The Bertz CT molecular complexity index is 1400. The van der Waals surface area contributed by atoms with Crippen LogP contribution in [0.3, 0.4) is 0 Å². The fraction of sp³-hybridized carbons (Fsp3) is 0.517. The van der Waals surface area contributed by atoms with Crippen LogP contribution < -0.4 is 15.5 Å². The summed E-state index contributed by atoms with van der Waals surface area (Å²) in [5, 5.41) is 26.8. The van der Waals surface area contributed by atoms with Crippen molar-refractivity contribution in [1.29, 1.82) is 0 Å². The summed E-state index contributed by atoms with van der Waals surface area (Å²) in [6.45, 7) is 3.79. The quantitative estimate of drug-likeness (QED) is 0.357. The maximum Gasteiger partial charge on any atom is 0.260 e. The van der Waals surface area contributed by atoms with Crippen LogP contribution in [0.4, 0.5) is 11.6 Å². The fourth-order valence-corrected chi connectivity index (χ4v) is 6.19. The molecule has 1 unspecified atom stereocenters. The maximum absolute atomic E-state index is 14.1. The lowest BCUT2D eigenvalue weighted by Crippen LogP contribution is -2.58. The van der Waals surface area contributed by atoms with Crippen molar-refractivity contribution < 1.29 is 19.4 Å². The van der Waals surface area contributed by atoms with E-state index < -0.39 is 5.60 Å². The van der Waals surface area contributed by atoms with Gasteiger partial charge in [0, 0.05) is 51.4 Å². The first-order valence-corrected chi connectivity index (χ1v) is 14.5. The molecule has 3 aromatic rings. The minimum atomic E-state index is -1.77. The van der Waals surface area contributed by atoms with Crippen LogP contribution in [0.25, 0.3) is 5.69 Å². The Morgan fingerprint density at radius 2 is 1.76 bits per heavy atom. The molecule has 0 bridgehead atoms. The van der Waals surface area contributed by atoms with Crippen molar-refractivity contribution in [2.75, 3.05) is 50.1 Å². The number of fused-ring (bicyclic) bond motifs is 1. The highest BCUT2D eigenvalue weighted by Gasteiger charge is 2.43. The number of piperazine rings is 1. The van der Waals surface area contributed by atoms with Gasteiger partial charge in [0.2, 0.25) is 5.91 Å². The monoisotopic (exact) mass is 575 g/mol. The summed E-state index contributed by atoms with van der Waals surface area (Å²) in [4.78, 5) is 40.4. The lowest BCUT2D eigenvalue weighted by molar-refractivity contribution is -0.152. The highest BCUT2D eigenvalue weighted by atomic mass is 16.5. The molecule has 42 heavy (non-hydrogen) atoms. The van der Waals surface area contributed by atoms with Crippen LogP contribution >= 0.6 is 0 Å². The third kappa shape index (κ3) is 5.35. The molecule has 0 spiro atoms. The molecule has 6 rings (SSSR count). The molecule has 2 atom stereocenters. The van der Waals surface area contributed by atoms with Gasteiger partial charge in [0.25, 0.3) is 5.91 Å². The Hall–Kier alpha value is -3.94. The van der Waals surface area contributed by atoms with Gasteiger partial charge in [0.05, 0.1) is 30.1 Å². The van der Waals surface area contributed by atoms with Crippen molar-refractivity contribution >= 4 is 23.5 Å². The van der Waals surface area contributed by atoms with E-state index in [1.165, 1.54) is 11.1 Å². The number of ether oxygens (including phenoxy) is 1. The normalized spacial score (nSPS) is 23.8. The molecule has 3 aliphatic rings. The van der Waals surface area contributed by atoms with Crippen LogP contribution in [0.2, 0.25) is 0 Å². The van der Waals surface area contributed by atoms with Crippen molar-refractivity contribution in [2.24, 2.45) is 0 Å². The molecule has 1 aliphatic carbocycles. The number of hydrogen-bond donors (Lipinski definition) is 3. The Balaban J connectivity index is 1.19. The third-order valence-electron chi connectivity index (χ3n) is 8.80. The van der Waals surface area contributed by atoms with E-state index in [9.17, 15) is 14.7 Å². The first-order valence-electron chi connectivity index (χ1n) is 14.5. The van der Waals surface area contributed by atoms with E-state index in [-0.39, 0.29) is 36.4 Å². The van der Waals surface area contributed by atoms with Gasteiger partial charge in [0.15, 0.2) is 5.60 Å².